The summed E-state index contributed by atoms with van der Waals surface area (Å²) in [6.07, 6.45) is 3.57. The van der Waals surface area contributed by atoms with Gasteiger partial charge in [-0.05, 0) is 48.7 Å². The van der Waals surface area contributed by atoms with Gasteiger partial charge in [-0.3, -0.25) is 0 Å². The molecule has 0 aliphatic heterocycles. The molecule has 0 saturated heterocycles. The molecule has 1 aromatic carbocycles. The lowest BCUT2D eigenvalue weighted by Crippen LogP contribution is -2.02. The van der Waals surface area contributed by atoms with Gasteiger partial charge in [0.05, 0.1) is 6.61 Å². The molecule has 0 aliphatic rings. The summed E-state index contributed by atoms with van der Waals surface area (Å²) >= 11 is 6.00. The Morgan fingerprint density at radius 2 is 2.29 bits per heavy atom. The van der Waals surface area contributed by atoms with Crippen LogP contribution in [0.2, 0.25) is 5.02 Å². The lowest BCUT2D eigenvalue weighted by atomic mass is 10.1. The van der Waals surface area contributed by atoms with Gasteiger partial charge in [0.1, 0.15) is 5.82 Å². The average Bonchev–Trinajstić information content (AvgIpc) is 2.31. The number of halogens is 2. The van der Waals surface area contributed by atoms with Crippen LogP contribution < -0.4 is 5.73 Å². The van der Waals surface area contributed by atoms with Crippen molar-refractivity contribution in [1.82, 2.24) is 0 Å². The van der Waals surface area contributed by atoms with Crippen molar-refractivity contribution in [3.8, 4) is 0 Å². The summed E-state index contributed by atoms with van der Waals surface area (Å²) in [6, 6.07) is 4.31. The first-order chi connectivity index (χ1) is 8.17. The van der Waals surface area contributed by atoms with Gasteiger partial charge in [0.25, 0.3) is 0 Å². The minimum Gasteiger partial charge on any atom is -0.380 e. The summed E-state index contributed by atoms with van der Waals surface area (Å²) in [7, 11) is 1.63. The minimum atomic E-state index is -0.295. The molecule has 2 nitrogen and oxygen atoms in total. The molecule has 17 heavy (non-hydrogen) atoms. The highest BCUT2D eigenvalue weighted by Gasteiger charge is 2.02. The minimum absolute atomic E-state index is 0.295. The van der Waals surface area contributed by atoms with Crippen LogP contribution in [0.4, 0.5) is 4.39 Å². The summed E-state index contributed by atoms with van der Waals surface area (Å²) < 4.78 is 18.2. The molecule has 0 aliphatic carbocycles. The number of benzene rings is 1. The second-order valence-electron chi connectivity index (χ2n) is 3.79. The van der Waals surface area contributed by atoms with E-state index in [1.54, 1.807) is 13.2 Å². The Kier molecular flexibility index (Phi) is 6.19. The summed E-state index contributed by atoms with van der Waals surface area (Å²) in [5, 5.41) is 0.535. The predicted octanol–water partition coefficient (Wildman–Crippen LogP) is 3.25. The summed E-state index contributed by atoms with van der Waals surface area (Å²) in [4.78, 5) is 0. The first-order valence-electron chi connectivity index (χ1n) is 5.51. The first-order valence-corrected chi connectivity index (χ1v) is 5.88. The quantitative estimate of drug-likeness (QED) is 0.849. The third-order valence-electron chi connectivity index (χ3n) is 2.35. The van der Waals surface area contributed by atoms with Gasteiger partial charge in [-0.1, -0.05) is 17.7 Å². The van der Waals surface area contributed by atoms with Gasteiger partial charge >= 0.3 is 0 Å². The molecular formula is C13H17ClFNO. The van der Waals surface area contributed by atoms with Crippen LogP contribution >= 0.6 is 11.6 Å². The van der Waals surface area contributed by atoms with Crippen LogP contribution in [-0.4, -0.2) is 20.3 Å². The Bertz CT molecular complexity index is 393. The highest BCUT2D eigenvalue weighted by atomic mass is 35.5. The van der Waals surface area contributed by atoms with E-state index >= 15 is 0 Å². The van der Waals surface area contributed by atoms with Crippen molar-refractivity contribution in [2.45, 2.75) is 12.8 Å². The number of nitrogens with two attached hydrogens (primary N) is 1. The molecule has 2 N–H and O–H groups in total. The molecule has 0 aromatic heterocycles. The molecule has 0 heterocycles. The van der Waals surface area contributed by atoms with Crippen LogP contribution in [0.1, 0.15) is 18.4 Å². The lowest BCUT2D eigenvalue weighted by molar-refractivity contribution is 0.223. The van der Waals surface area contributed by atoms with E-state index in [9.17, 15) is 4.39 Å². The molecule has 0 radical (unpaired) electrons. The Morgan fingerprint density at radius 1 is 1.53 bits per heavy atom. The Labute approximate surface area is 106 Å². The Balaban J connectivity index is 2.90. The van der Waals surface area contributed by atoms with Gasteiger partial charge in [-0.25, -0.2) is 4.39 Å². The predicted molar refractivity (Wildman–Crippen MR) is 69.6 cm³/mol. The van der Waals surface area contributed by atoms with Gasteiger partial charge in [-0.15, -0.1) is 0 Å². The molecule has 0 saturated carbocycles. The summed E-state index contributed by atoms with van der Waals surface area (Å²) in [5.74, 6) is -0.295. The van der Waals surface area contributed by atoms with Crippen LogP contribution in [-0.2, 0) is 4.74 Å². The maximum absolute atomic E-state index is 13.1. The molecule has 0 atom stereocenters. The Hall–Kier alpha value is -0.900. The van der Waals surface area contributed by atoms with Crippen LogP contribution in [0, 0.1) is 5.82 Å². The second kappa shape index (κ2) is 7.43. The lowest BCUT2D eigenvalue weighted by Gasteiger charge is -2.07. The van der Waals surface area contributed by atoms with E-state index < -0.39 is 0 Å². The van der Waals surface area contributed by atoms with Crippen molar-refractivity contribution in [3.63, 3.8) is 0 Å². The normalized spacial score (nSPS) is 11.9. The molecule has 4 heteroatoms. The fourth-order valence-electron chi connectivity index (χ4n) is 1.55. The number of hydrogen-bond donors (Lipinski definition) is 1. The highest BCUT2D eigenvalue weighted by Crippen LogP contribution is 2.21. The smallest absolute Gasteiger partial charge is 0.123 e. The van der Waals surface area contributed by atoms with E-state index in [0.717, 1.165) is 18.4 Å². The van der Waals surface area contributed by atoms with E-state index in [1.165, 1.54) is 12.1 Å². The maximum Gasteiger partial charge on any atom is 0.123 e. The van der Waals surface area contributed by atoms with Crippen LogP contribution in [0.5, 0.6) is 0 Å². The topological polar surface area (TPSA) is 35.2 Å². The van der Waals surface area contributed by atoms with Crippen molar-refractivity contribution in [2.24, 2.45) is 5.73 Å². The maximum atomic E-state index is 13.1. The van der Waals surface area contributed by atoms with E-state index in [-0.39, 0.29) is 5.82 Å². The van der Waals surface area contributed by atoms with E-state index in [4.69, 9.17) is 22.1 Å². The van der Waals surface area contributed by atoms with E-state index in [2.05, 4.69) is 0 Å². The van der Waals surface area contributed by atoms with Crippen molar-refractivity contribution >= 4 is 17.7 Å². The third kappa shape index (κ3) is 4.86. The zero-order valence-electron chi connectivity index (χ0n) is 9.88. The molecule has 0 bridgehead atoms. The number of rotatable bonds is 6. The zero-order chi connectivity index (χ0) is 12.7. The largest absolute Gasteiger partial charge is 0.380 e. The van der Waals surface area contributed by atoms with E-state index in [1.807, 2.05) is 6.08 Å². The van der Waals surface area contributed by atoms with Crippen molar-refractivity contribution < 1.29 is 9.13 Å². The highest BCUT2D eigenvalue weighted by molar-refractivity contribution is 6.32. The zero-order valence-corrected chi connectivity index (χ0v) is 10.6. The Morgan fingerprint density at radius 3 is 2.94 bits per heavy atom. The molecule has 0 fully saturated rings. The van der Waals surface area contributed by atoms with Gasteiger partial charge in [0, 0.05) is 12.1 Å². The van der Waals surface area contributed by atoms with Gasteiger partial charge in [0.2, 0.25) is 0 Å². The third-order valence-corrected chi connectivity index (χ3v) is 2.69. The fraction of sp³-hybridized carbons (Fsp3) is 0.385. The van der Waals surface area contributed by atoms with Gasteiger partial charge in [0.15, 0.2) is 0 Å². The monoisotopic (exact) mass is 257 g/mol. The average molecular weight is 258 g/mol. The van der Waals surface area contributed by atoms with Crippen LogP contribution in [0.15, 0.2) is 23.8 Å². The molecule has 94 valence electrons. The van der Waals surface area contributed by atoms with Gasteiger partial charge in [-0.2, -0.15) is 0 Å². The SMILES string of the molecule is COC/C(=C/c1cc(F)ccc1Cl)CCCN. The standard InChI is InChI=1S/C13H17ClFNO/c1-17-9-10(3-2-6-16)7-11-8-12(15)4-5-13(11)14/h4-5,7-8H,2-3,6,9,16H2,1H3/b10-7+. The number of ether oxygens (including phenoxy) is 1. The molecule has 0 spiro atoms. The van der Waals surface area contributed by atoms with Crippen LogP contribution in [0.3, 0.4) is 0 Å². The molecule has 1 aromatic rings. The fourth-order valence-corrected chi connectivity index (χ4v) is 1.72. The number of methoxy groups -OCH3 is 1. The molecular weight excluding hydrogens is 241 g/mol. The van der Waals surface area contributed by atoms with E-state index in [0.29, 0.717) is 23.7 Å². The van der Waals surface area contributed by atoms with Crippen molar-refractivity contribution in [2.75, 3.05) is 20.3 Å². The van der Waals surface area contributed by atoms with Crippen molar-refractivity contribution in [3.05, 3.63) is 40.2 Å². The molecule has 1 rings (SSSR count). The van der Waals surface area contributed by atoms with Crippen LogP contribution in [0.25, 0.3) is 6.08 Å². The summed E-state index contributed by atoms with van der Waals surface area (Å²) in [5.41, 5.74) is 7.20. The number of hydrogen-bond acceptors (Lipinski definition) is 2. The molecule has 0 unspecified atom stereocenters. The second-order valence-corrected chi connectivity index (χ2v) is 4.20. The van der Waals surface area contributed by atoms with Crippen molar-refractivity contribution in [1.29, 1.82) is 0 Å². The van der Waals surface area contributed by atoms with Gasteiger partial charge < -0.3 is 10.5 Å². The first kappa shape index (κ1) is 14.2. The summed E-state index contributed by atoms with van der Waals surface area (Å²) in [6.45, 7) is 1.13. The molecule has 0 amide bonds.